The number of carbonyl (C=O) groups excluding carboxylic acids is 4. The third kappa shape index (κ3) is 3.21. The molecule has 2 heterocycles. The highest BCUT2D eigenvalue weighted by molar-refractivity contribution is 6.53. The highest BCUT2D eigenvalue weighted by Gasteiger charge is 2.47. The summed E-state index contributed by atoms with van der Waals surface area (Å²) in [6.45, 7) is 5.11. The number of amides is 4. The zero-order valence-electron chi connectivity index (χ0n) is 15.2. The van der Waals surface area contributed by atoms with Crippen LogP contribution in [-0.4, -0.2) is 46.7 Å². The van der Waals surface area contributed by atoms with E-state index in [4.69, 9.17) is 4.74 Å². The number of ketones is 1. The molecule has 0 atom stereocenters. The molecule has 0 radical (unpaired) electrons. The van der Waals surface area contributed by atoms with Crippen LogP contribution in [0.5, 0.6) is 5.75 Å². The van der Waals surface area contributed by atoms with Gasteiger partial charge in [0.1, 0.15) is 5.75 Å². The number of nitrogens with one attached hydrogen (secondary N) is 1. The first kappa shape index (κ1) is 18.4. The number of hydrogen-bond acceptors (Lipinski definition) is 5. The first-order valence-electron chi connectivity index (χ1n) is 8.46. The number of benzene rings is 1. The number of ether oxygens (including phenoxy) is 1. The highest BCUT2D eigenvalue weighted by atomic mass is 16.5. The fraction of sp³-hybridized carbons (Fsp3) is 0.263. The monoisotopic (exact) mass is 369 g/mol. The van der Waals surface area contributed by atoms with Crippen LogP contribution in [0.4, 0.5) is 10.5 Å². The van der Waals surface area contributed by atoms with Crippen molar-refractivity contribution in [1.82, 2.24) is 9.88 Å². The second-order valence-electron chi connectivity index (χ2n) is 6.13. The largest absolute Gasteiger partial charge is 0.492 e. The molecule has 2 aromatic rings. The molecule has 1 aromatic carbocycles. The molecule has 1 fully saturated rings. The number of nitrogens with zero attached hydrogens (tertiary/aromatic N) is 2. The molecule has 8 nitrogen and oxygen atoms in total. The topological polar surface area (TPSA) is 99.8 Å². The molecular formula is C19H19N3O5. The van der Waals surface area contributed by atoms with Crippen LogP contribution in [0, 0.1) is 13.8 Å². The van der Waals surface area contributed by atoms with Gasteiger partial charge in [0.15, 0.2) is 5.78 Å². The molecule has 1 aromatic heterocycles. The van der Waals surface area contributed by atoms with Crippen molar-refractivity contribution in [3.63, 3.8) is 0 Å². The zero-order valence-corrected chi connectivity index (χ0v) is 15.2. The second kappa shape index (κ2) is 7.06. The minimum absolute atomic E-state index is 0.173. The molecule has 4 amide bonds. The van der Waals surface area contributed by atoms with E-state index in [0.29, 0.717) is 28.5 Å². The summed E-state index contributed by atoms with van der Waals surface area (Å²) in [4.78, 5) is 54.4. The average molecular weight is 369 g/mol. The number of hydrogen-bond donors (Lipinski definition) is 1. The summed E-state index contributed by atoms with van der Waals surface area (Å²) in [6.07, 6.45) is 0. The first-order chi connectivity index (χ1) is 12.8. The van der Waals surface area contributed by atoms with E-state index in [1.807, 2.05) is 0 Å². The quantitative estimate of drug-likeness (QED) is 0.478. The summed E-state index contributed by atoms with van der Waals surface area (Å²) in [6, 6.07) is 7.22. The molecule has 8 heteroatoms. The fourth-order valence-corrected chi connectivity index (χ4v) is 3.02. The smallest absolute Gasteiger partial charge is 0.339 e. The molecule has 27 heavy (non-hydrogen) atoms. The number of carbonyl (C=O) groups is 4. The molecule has 0 saturated carbocycles. The van der Waals surface area contributed by atoms with Gasteiger partial charge in [-0.2, -0.15) is 0 Å². The number of urea groups is 1. The van der Waals surface area contributed by atoms with Crippen LogP contribution in [0.25, 0.3) is 0 Å². The summed E-state index contributed by atoms with van der Waals surface area (Å²) in [5.41, 5.74) is 1.99. The number of aromatic nitrogens is 1. The summed E-state index contributed by atoms with van der Waals surface area (Å²) in [5, 5.41) is 0. The van der Waals surface area contributed by atoms with E-state index in [9.17, 15) is 19.2 Å². The Labute approximate surface area is 155 Å². The molecule has 0 spiro atoms. The summed E-state index contributed by atoms with van der Waals surface area (Å²) in [5.74, 6) is -2.17. The molecule has 0 aliphatic carbocycles. The van der Waals surface area contributed by atoms with Gasteiger partial charge < -0.3 is 9.72 Å². The van der Waals surface area contributed by atoms with Gasteiger partial charge in [0.2, 0.25) is 0 Å². The number of rotatable bonds is 6. The first-order valence-corrected chi connectivity index (χ1v) is 8.46. The second-order valence-corrected chi connectivity index (χ2v) is 6.13. The van der Waals surface area contributed by atoms with Gasteiger partial charge in [-0.05, 0) is 39.0 Å². The maximum Gasteiger partial charge on any atom is 0.339 e. The maximum atomic E-state index is 12.7. The zero-order chi connectivity index (χ0) is 19.7. The van der Waals surface area contributed by atoms with Crippen molar-refractivity contribution in [3.05, 3.63) is 47.3 Å². The van der Waals surface area contributed by atoms with E-state index in [0.717, 1.165) is 10.6 Å². The van der Waals surface area contributed by atoms with E-state index < -0.39 is 30.2 Å². The molecule has 0 bridgehead atoms. The lowest BCUT2D eigenvalue weighted by Crippen LogP contribution is -2.37. The number of para-hydroxylation sites is 2. The molecule has 3 rings (SSSR count). The van der Waals surface area contributed by atoms with Gasteiger partial charge >= 0.3 is 17.8 Å². The predicted molar refractivity (Wildman–Crippen MR) is 96.8 cm³/mol. The average Bonchev–Trinajstić information content (AvgIpc) is 3.07. The van der Waals surface area contributed by atoms with Crippen LogP contribution in [0.1, 0.15) is 28.7 Å². The predicted octanol–water partition coefficient (Wildman–Crippen LogP) is 2.21. The van der Waals surface area contributed by atoms with Crippen molar-refractivity contribution in [1.29, 1.82) is 0 Å². The Kier molecular flexibility index (Phi) is 4.81. The Bertz CT molecular complexity index is 947. The van der Waals surface area contributed by atoms with Crippen LogP contribution in [0.2, 0.25) is 0 Å². The van der Waals surface area contributed by atoms with Crippen molar-refractivity contribution >= 4 is 29.3 Å². The Morgan fingerprint density at radius 1 is 1.11 bits per heavy atom. The van der Waals surface area contributed by atoms with Crippen molar-refractivity contribution in [2.45, 2.75) is 20.8 Å². The Balaban J connectivity index is 1.89. The van der Waals surface area contributed by atoms with Gasteiger partial charge in [-0.25, -0.2) is 14.6 Å². The molecular weight excluding hydrogens is 350 g/mol. The third-order valence-corrected chi connectivity index (χ3v) is 4.21. The van der Waals surface area contributed by atoms with Crippen molar-refractivity contribution in [3.8, 4) is 5.75 Å². The van der Waals surface area contributed by atoms with E-state index in [1.165, 1.54) is 6.07 Å². The van der Waals surface area contributed by atoms with Gasteiger partial charge in [0, 0.05) is 17.0 Å². The van der Waals surface area contributed by atoms with E-state index >= 15 is 0 Å². The van der Waals surface area contributed by atoms with Crippen LogP contribution in [0.3, 0.4) is 0 Å². The number of H-pyrrole nitrogens is 1. The molecule has 1 aliphatic heterocycles. The van der Waals surface area contributed by atoms with Crippen molar-refractivity contribution in [2.75, 3.05) is 18.1 Å². The van der Waals surface area contributed by atoms with Crippen LogP contribution in [-0.2, 0) is 9.59 Å². The molecule has 1 aliphatic rings. The van der Waals surface area contributed by atoms with E-state index in [-0.39, 0.29) is 5.69 Å². The molecule has 1 N–H and O–H groups in total. The van der Waals surface area contributed by atoms with Gasteiger partial charge in [-0.3, -0.25) is 14.4 Å². The van der Waals surface area contributed by atoms with Gasteiger partial charge in [0.25, 0.3) is 0 Å². The molecule has 1 saturated heterocycles. The Morgan fingerprint density at radius 2 is 1.81 bits per heavy atom. The summed E-state index contributed by atoms with van der Waals surface area (Å²) >= 11 is 0. The maximum absolute atomic E-state index is 12.7. The van der Waals surface area contributed by atoms with Crippen molar-refractivity contribution < 1.29 is 23.9 Å². The lowest BCUT2D eigenvalue weighted by Gasteiger charge is -2.18. The number of aromatic amines is 1. The van der Waals surface area contributed by atoms with Crippen molar-refractivity contribution in [2.24, 2.45) is 0 Å². The van der Waals surface area contributed by atoms with E-state index in [2.05, 4.69) is 4.98 Å². The third-order valence-electron chi connectivity index (χ3n) is 4.21. The van der Waals surface area contributed by atoms with Gasteiger partial charge in [-0.1, -0.05) is 12.1 Å². The summed E-state index contributed by atoms with van der Waals surface area (Å²) in [7, 11) is 0. The number of aryl methyl sites for hydroxylation is 2. The minimum atomic E-state index is -1.04. The van der Waals surface area contributed by atoms with Crippen LogP contribution in [0.15, 0.2) is 30.3 Å². The fourth-order valence-electron chi connectivity index (χ4n) is 3.02. The lowest BCUT2D eigenvalue weighted by atomic mass is 10.1. The number of Topliss-reactive ketones (excluding diaryl/α,β-unsaturated/α-hetero) is 1. The Hall–Kier alpha value is -3.42. The normalized spacial score (nSPS) is 14.3. The summed E-state index contributed by atoms with van der Waals surface area (Å²) < 4.78 is 5.44. The number of anilines is 1. The standard InChI is InChI=1S/C19H19N3O5/c1-4-27-16-8-6-5-7-14(16)22-18(25)17(24)21(19(22)26)10-15(23)13-9-11(2)20-12(13)3/h5-9,20H,4,10H2,1-3H3. The number of imide groups is 2. The van der Waals surface area contributed by atoms with Gasteiger partial charge in [-0.15, -0.1) is 0 Å². The van der Waals surface area contributed by atoms with Crippen LogP contribution >= 0.6 is 0 Å². The lowest BCUT2D eigenvalue weighted by molar-refractivity contribution is -0.139. The molecule has 140 valence electrons. The highest BCUT2D eigenvalue weighted by Crippen LogP contribution is 2.31. The van der Waals surface area contributed by atoms with Crippen LogP contribution < -0.4 is 9.64 Å². The Morgan fingerprint density at radius 3 is 2.44 bits per heavy atom. The minimum Gasteiger partial charge on any atom is -0.492 e. The SMILES string of the molecule is CCOc1ccccc1N1C(=O)C(=O)N(CC(=O)c2cc(C)[nH]c2C)C1=O. The molecule has 0 unspecified atom stereocenters. The van der Waals surface area contributed by atoms with E-state index in [1.54, 1.807) is 45.0 Å². The van der Waals surface area contributed by atoms with Gasteiger partial charge in [0.05, 0.1) is 18.8 Å².